The lowest BCUT2D eigenvalue weighted by molar-refractivity contribution is -0.172. The monoisotopic (exact) mass is 213 g/mol. The van der Waals surface area contributed by atoms with E-state index in [1.165, 1.54) is 0 Å². The Bertz CT molecular complexity index is 189. The Labute approximate surface area is 81.1 Å². The molecule has 1 saturated heterocycles. The van der Waals surface area contributed by atoms with Crippen molar-refractivity contribution in [3.63, 3.8) is 0 Å². The number of hydrogen-bond acceptors (Lipinski definition) is 1. The summed E-state index contributed by atoms with van der Waals surface area (Å²) in [6.45, 7) is 2.47. The molecule has 1 heterocycles. The van der Waals surface area contributed by atoms with E-state index >= 15 is 0 Å². The molecule has 0 aromatic heterocycles. The molecule has 0 radical (unpaired) electrons. The van der Waals surface area contributed by atoms with E-state index in [0.29, 0.717) is 6.54 Å². The molecule has 5 heteroatoms. The Morgan fingerprint density at radius 2 is 1.57 bits per heavy atom. The second-order valence-corrected chi connectivity index (χ2v) is 4.09. The summed E-state index contributed by atoms with van der Waals surface area (Å²) in [6, 6.07) is 0. The van der Waals surface area contributed by atoms with E-state index in [1.54, 1.807) is 0 Å². The third-order valence-electron chi connectivity index (χ3n) is 2.65. The highest BCUT2D eigenvalue weighted by Gasteiger charge is 2.62. The van der Waals surface area contributed by atoms with Crippen molar-refractivity contribution < 1.29 is 17.6 Å². The Morgan fingerprint density at radius 1 is 1.14 bits per heavy atom. The number of rotatable bonds is 3. The molecular formula is C9H15F4N. The lowest BCUT2D eigenvalue weighted by Crippen LogP contribution is -2.38. The molecule has 1 aliphatic heterocycles. The fraction of sp³-hybridized carbons (Fsp3) is 1.00. The second kappa shape index (κ2) is 3.68. The molecular weight excluding hydrogens is 198 g/mol. The van der Waals surface area contributed by atoms with Crippen LogP contribution < -0.4 is 0 Å². The zero-order chi connectivity index (χ0) is 11.0. The number of halogens is 4. The molecule has 0 aromatic carbocycles. The Kier molecular flexibility index (Phi) is 3.09. The predicted octanol–water partition coefficient (Wildman–Crippen LogP) is 2.62. The molecule has 84 valence electrons. The van der Waals surface area contributed by atoms with Crippen molar-refractivity contribution >= 4 is 0 Å². The molecule has 1 atom stereocenters. The molecule has 14 heavy (non-hydrogen) atoms. The number of alkyl halides is 4. The predicted molar refractivity (Wildman–Crippen MR) is 45.8 cm³/mol. The lowest BCUT2D eigenvalue weighted by atomic mass is 10.1. The molecule has 0 bridgehead atoms. The third kappa shape index (κ3) is 2.19. The third-order valence-corrected chi connectivity index (χ3v) is 2.65. The summed E-state index contributed by atoms with van der Waals surface area (Å²) in [5, 5.41) is 0. The SMILES string of the molecule is CCC(C)CN1CC(F)(F)C(F)(F)C1. The summed E-state index contributed by atoms with van der Waals surface area (Å²) in [5.74, 6) is -7.54. The van der Waals surface area contributed by atoms with E-state index in [-0.39, 0.29) is 5.92 Å². The van der Waals surface area contributed by atoms with Crippen molar-refractivity contribution in [3.8, 4) is 0 Å². The number of hydrogen-bond donors (Lipinski definition) is 0. The molecule has 0 amide bonds. The average Bonchev–Trinajstić information content (AvgIpc) is 2.20. The highest BCUT2D eigenvalue weighted by atomic mass is 19.3. The summed E-state index contributed by atoms with van der Waals surface area (Å²) in [5.41, 5.74) is 0. The molecule has 1 rings (SSSR count). The van der Waals surface area contributed by atoms with Crippen molar-refractivity contribution in [1.82, 2.24) is 4.90 Å². The summed E-state index contributed by atoms with van der Waals surface area (Å²) in [7, 11) is 0. The minimum Gasteiger partial charge on any atom is -0.291 e. The minimum absolute atomic E-state index is 0.180. The highest BCUT2D eigenvalue weighted by molar-refractivity contribution is 4.97. The second-order valence-electron chi connectivity index (χ2n) is 4.09. The van der Waals surface area contributed by atoms with Crippen molar-refractivity contribution in [2.45, 2.75) is 32.1 Å². The molecule has 1 aliphatic rings. The first-order valence-corrected chi connectivity index (χ1v) is 4.76. The van der Waals surface area contributed by atoms with E-state index < -0.39 is 24.9 Å². The molecule has 0 saturated carbocycles. The maximum Gasteiger partial charge on any atom is 0.323 e. The van der Waals surface area contributed by atoms with Gasteiger partial charge in [-0.05, 0) is 5.92 Å². The van der Waals surface area contributed by atoms with Crippen LogP contribution in [0.4, 0.5) is 17.6 Å². The molecule has 1 unspecified atom stereocenters. The van der Waals surface area contributed by atoms with Crippen LogP contribution in [0.1, 0.15) is 20.3 Å². The van der Waals surface area contributed by atoms with E-state index in [0.717, 1.165) is 11.3 Å². The average molecular weight is 213 g/mol. The topological polar surface area (TPSA) is 3.24 Å². The maximum atomic E-state index is 12.7. The van der Waals surface area contributed by atoms with Crippen LogP contribution in [-0.4, -0.2) is 36.4 Å². The van der Waals surface area contributed by atoms with Crippen molar-refractivity contribution in [2.75, 3.05) is 19.6 Å². The van der Waals surface area contributed by atoms with Crippen molar-refractivity contribution in [3.05, 3.63) is 0 Å². The first-order valence-electron chi connectivity index (χ1n) is 4.76. The van der Waals surface area contributed by atoms with Crippen molar-refractivity contribution in [1.29, 1.82) is 0 Å². The largest absolute Gasteiger partial charge is 0.323 e. The van der Waals surface area contributed by atoms with E-state index in [4.69, 9.17) is 0 Å². The van der Waals surface area contributed by atoms with Gasteiger partial charge in [-0.3, -0.25) is 4.90 Å². The van der Waals surface area contributed by atoms with Gasteiger partial charge in [-0.15, -0.1) is 0 Å². The van der Waals surface area contributed by atoms with Crippen LogP contribution in [0.15, 0.2) is 0 Å². The molecule has 0 aromatic rings. The summed E-state index contributed by atoms with van der Waals surface area (Å²) in [4.78, 5) is 1.15. The first kappa shape index (κ1) is 11.8. The van der Waals surface area contributed by atoms with E-state index in [9.17, 15) is 17.6 Å². The number of nitrogens with zero attached hydrogens (tertiary/aromatic N) is 1. The summed E-state index contributed by atoms with van der Waals surface area (Å²) in [6.07, 6.45) is 0.813. The van der Waals surface area contributed by atoms with Crippen LogP contribution in [0.3, 0.4) is 0 Å². The Balaban J connectivity index is 2.55. The van der Waals surface area contributed by atoms with Gasteiger partial charge in [0.15, 0.2) is 0 Å². The Morgan fingerprint density at radius 3 is 1.93 bits per heavy atom. The van der Waals surface area contributed by atoms with Crippen LogP contribution in [-0.2, 0) is 0 Å². The van der Waals surface area contributed by atoms with Crippen LogP contribution in [0, 0.1) is 5.92 Å². The normalized spacial score (nSPS) is 27.9. The van der Waals surface area contributed by atoms with Crippen LogP contribution in [0.25, 0.3) is 0 Å². The standard InChI is InChI=1S/C9H15F4N/c1-3-7(2)4-14-5-8(10,11)9(12,13)6-14/h7H,3-6H2,1-2H3. The van der Waals surface area contributed by atoms with Gasteiger partial charge in [-0.25, -0.2) is 0 Å². The zero-order valence-corrected chi connectivity index (χ0v) is 8.36. The van der Waals surface area contributed by atoms with Crippen molar-refractivity contribution in [2.24, 2.45) is 5.92 Å². The molecule has 0 aliphatic carbocycles. The molecule has 0 N–H and O–H groups in total. The number of likely N-dealkylation sites (tertiary alicyclic amines) is 1. The van der Waals surface area contributed by atoms with Gasteiger partial charge < -0.3 is 0 Å². The van der Waals surface area contributed by atoms with Crippen LogP contribution in [0.5, 0.6) is 0 Å². The zero-order valence-electron chi connectivity index (χ0n) is 8.36. The minimum atomic E-state index is -3.86. The lowest BCUT2D eigenvalue weighted by Gasteiger charge is -2.18. The van der Waals surface area contributed by atoms with Gasteiger partial charge in [-0.2, -0.15) is 17.6 Å². The van der Waals surface area contributed by atoms with Gasteiger partial charge in [0.2, 0.25) is 0 Å². The summed E-state index contributed by atoms with van der Waals surface area (Å²) >= 11 is 0. The van der Waals surface area contributed by atoms with Gasteiger partial charge in [0, 0.05) is 6.54 Å². The maximum absolute atomic E-state index is 12.7. The first-order chi connectivity index (χ1) is 6.28. The van der Waals surface area contributed by atoms with Gasteiger partial charge in [0.05, 0.1) is 13.1 Å². The van der Waals surface area contributed by atoms with Gasteiger partial charge in [0.25, 0.3) is 0 Å². The fourth-order valence-electron chi connectivity index (χ4n) is 1.55. The molecule has 1 nitrogen and oxygen atoms in total. The summed E-state index contributed by atoms with van der Waals surface area (Å²) < 4.78 is 50.9. The smallest absolute Gasteiger partial charge is 0.291 e. The van der Waals surface area contributed by atoms with E-state index in [2.05, 4.69) is 0 Å². The van der Waals surface area contributed by atoms with Crippen LogP contribution >= 0.6 is 0 Å². The van der Waals surface area contributed by atoms with E-state index in [1.807, 2.05) is 13.8 Å². The van der Waals surface area contributed by atoms with Gasteiger partial charge >= 0.3 is 11.8 Å². The quantitative estimate of drug-likeness (QED) is 0.651. The Hall–Kier alpha value is -0.320. The fourth-order valence-corrected chi connectivity index (χ4v) is 1.55. The molecule has 0 spiro atoms. The van der Waals surface area contributed by atoms with Gasteiger partial charge in [-0.1, -0.05) is 20.3 Å². The molecule has 1 fully saturated rings. The highest BCUT2D eigenvalue weighted by Crippen LogP contribution is 2.41. The van der Waals surface area contributed by atoms with Gasteiger partial charge in [0.1, 0.15) is 0 Å². The van der Waals surface area contributed by atoms with Crippen LogP contribution in [0.2, 0.25) is 0 Å².